The number of carboxylic acids is 1. The van der Waals surface area contributed by atoms with Gasteiger partial charge < -0.3 is 10.4 Å². The van der Waals surface area contributed by atoms with Gasteiger partial charge >= 0.3 is 5.97 Å². The highest BCUT2D eigenvalue weighted by Gasteiger charge is 2.24. The molecule has 1 aromatic heterocycles. The van der Waals surface area contributed by atoms with Gasteiger partial charge in [0.25, 0.3) is 5.91 Å². The first kappa shape index (κ1) is 18.8. The Labute approximate surface area is 149 Å². The first-order valence-corrected chi connectivity index (χ1v) is 7.41. The van der Waals surface area contributed by atoms with Crippen molar-refractivity contribution in [3.8, 4) is 0 Å². The number of rotatable bonds is 5. The third kappa shape index (κ3) is 4.31. The van der Waals surface area contributed by atoms with Gasteiger partial charge in [-0.3, -0.25) is 14.4 Å². The van der Waals surface area contributed by atoms with E-state index in [0.29, 0.717) is 10.7 Å². The largest absolute Gasteiger partial charge is 0.481 e. The lowest BCUT2D eigenvalue weighted by molar-refractivity contribution is -0.137. The Bertz CT molecular complexity index is 870. The van der Waals surface area contributed by atoms with Gasteiger partial charge in [-0.2, -0.15) is 9.78 Å². The number of nitrogens with zero attached hydrogens (tertiary/aromatic N) is 2. The SMILES string of the molecule is O=C(O)CCC(=O)n1nc(C(=O)Nc2ccc(F)cc2F)c(Cl)c1Cl. The van der Waals surface area contributed by atoms with Gasteiger partial charge in [0.2, 0.25) is 5.91 Å². The third-order valence-electron chi connectivity index (χ3n) is 2.96. The molecule has 25 heavy (non-hydrogen) atoms. The fourth-order valence-electron chi connectivity index (χ4n) is 1.78. The summed E-state index contributed by atoms with van der Waals surface area (Å²) in [6, 6.07) is 2.49. The van der Waals surface area contributed by atoms with Crippen LogP contribution in [0.3, 0.4) is 0 Å². The van der Waals surface area contributed by atoms with Crippen molar-refractivity contribution in [3.63, 3.8) is 0 Å². The van der Waals surface area contributed by atoms with E-state index in [2.05, 4.69) is 10.4 Å². The highest BCUT2D eigenvalue weighted by Crippen LogP contribution is 2.27. The lowest BCUT2D eigenvalue weighted by Crippen LogP contribution is -2.17. The second kappa shape index (κ2) is 7.58. The Morgan fingerprint density at radius 1 is 1.20 bits per heavy atom. The Morgan fingerprint density at radius 2 is 1.88 bits per heavy atom. The van der Waals surface area contributed by atoms with Crippen LogP contribution in [0.2, 0.25) is 10.2 Å². The fourth-order valence-corrected chi connectivity index (χ4v) is 2.21. The topological polar surface area (TPSA) is 101 Å². The van der Waals surface area contributed by atoms with Gasteiger partial charge in [0.1, 0.15) is 16.7 Å². The van der Waals surface area contributed by atoms with Crippen LogP contribution in [0, 0.1) is 11.6 Å². The van der Waals surface area contributed by atoms with Crippen molar-refractivity contribution in [1.29, 1.82) is 0 Å². The van der Waals surface area contributed by atoms with Gasteiger partial charge in [0.15, 0.2) is 10.8 Å². The second-order valence-electron chi connectivity index (χ2n) is 4.73. The second-order valence-corrected chi connectivity index (χ2v) is 5.47. The lowest BCUT2D eigenvalue weighted by Gasteiger charge is -2.04. The Hall–Kier alpha value is -2.52. The molecule has 2 rings (SSSR count). The average Bonchev–Trinajstić information content (AvgIpc) is 2.84. The third-order valence-corrected chi connectivity index (χ3v) is 3.76. The maximum absolute atomic E-state index is 13.6. The average molecular weight is 392 g/mol. The van der Waals surface area contributed by atoms with E-state index in [0.717, 1.165) is 12.1 Å². The van der Waals surface area contributed by atoms with E-state index >= 15 is 0 Å². The molecule has 2 N–H and O–H groups in total. The minimum absolute atomic E-state index is 0.328. The summed E-state index contributed by atoms with van der Waals surface area (Å²) in [5.41, 5.74) is -0.801. The molecular weight excluding hydrogens is 383 g/mol. The van der Waals surface area contributed by atoms with Crippen LogP contribution in [0.5, 0.6) is 0 Å². The van der Waals surface area contributed by atoms with Crippen LogP contribution in [0.4, 0.5) is 14.5 Å². The molecule has 11 heteroatoms. The number of carboxylic acid groups (broad SMARTS) is 1. The van der Waals surface area contributed by atoms with E-state index in [1.165, 1.54) is 0 Å². The van der Waals surface area contributed by atoms with Crippen molar-refractivity contribution in [2.24, 2.45) is 0 Å². The summed E-state index contributed by atoms with van der Waals surface area (Å²) in [6.07, 6.45) is -0.879. The van der Waals surface area contributed by atoms with Gasteiger partial charge in [-0.1, -0.05) is 23.2 Å². The maximum Gasteiger partial charge on any atom is 0.303 e. The predicted molar refractivity (Wildman–Crippen MR) is 84.1 cm³/mol. The first-order valence-electron chi connectivity index (χ1n) is 6.66. The summed E-state index contributed by atoms with van der Waals surface area (Å²) in [4.78, 5) is 34.5. The molecule has 1 amide bonds. The first-order chi connectivity index (χ1) is 11.7. The number of nitrogens with one attached hydrogen (secondary N) is 1. The Morgan fingerprint density at radius 3 is 2.48 bits per heavy atom. The number of anilines is 1. The summed E-state index contributed by atoms with van der Waals surface area (Å²) in [5.74, 6) is -4.83. The zero-order valence-electron chi connectivity index (χ0n) is 12.2. The number of aliphatic carboxylic acids is 1. The van der Waals surface area contributed by atoms with E-state index in [4.69, 9.17) is 28.3 Å². The van der Waals surface area contributed by atoms with Crippen LogP contribution in [0.1, 0.15) is 28.1 Å². The zero-order valence-corrected chi connectivity index (χ0v) is 13.7. The number of hydrogen-bond donors (Lipinski definition) is 2. The van der Waals surface area contributed by atoms with Crippen LogP contribution in [-0.4, -0.2) is 32.7 Å². The number of amides is 1. The van der Waals surface area contributed by atoms with E-state index in [9.17, 15) is 23.2 Å². The van der Waals surface area contributed by atoms with Gasteiger partial charge in [-0.15, -0.1) is 0 Å². The molecular formula is C14H9Cl2F2N3O4. The summed E-state index contributed by atoms with van der Waals surface area (Å²) in [6.45, 7) is 0. The molecule has 7 nitrogen and oxygen atoms in total. The van der Waals surface area contributed by atoms with Crippen molar-refractivity contribution in [2.45, 2.75) is 12.8 Å². The van der Waals surface area contributed by atoms with Crippen LogP contribution in [0.25, 0.3) is 0 Å². The summed E-state index contributed by atoms with van der Waals surface area (Å²) < 4.78 is 27.0. The van der Waals surface area contributed by atoms with Gasteiger partial charge in [0.05, 0.1) is 12.1 Å². The number of carbonyl (C=O) groups excluding carboxylic acids is 2. The molecule has 1 aromatic carbocycles. The Kier molecular flexibility index (Phi) is 5.70. The molecule has 1 heterocycles. The number of hydrogen-bond acceptors (Lipinski definition) is 4. The number of carbonyl (C=O) groups is 3. The van der Waals surface area contributed by atoms with Crippen molar-refractivity contribution in [1.82, 2.24) is 9.78 Å². The van der Waals surface area contributed by atoms with Gasteiger partial charge in [0, 0.05) is 12.5 Å². The van der Waals surface area contributed by atoms with Crippen LogP contribution in [-0.2, 0) is 4.79 Å². The molecule has 0 fully saturated rings. The molecule has 0 spiro atoms. The highest BCUT2D eigenvalue weighted by molar-refractivity contribution is 6.44. The standard InChI is InChI=1S/C14H9Cl2F2N3O4/c15-11-12(14(25)19-8-2-1-6(17)5-7(8)18)20-21(13(11)16)9(22)3-4-10(23)24/h1-2,5H,3-4H2,(H,19,25)(H,23,24). The van der Waals surface area contributed by atoms with E-state index < -0.39 is 48.0 Å². The van der Waals surface area contributed by atoms with Crippen molar-refractivity contribution in [2.75, 3.05) is 5.32 Å². The minimum Gasteiger partial charge on any atom is -0.481 e. The monoisotopic (exact) mass is 391 g/mol. The zero-order chi connectivity index (χ0) is 18.7. The van der Waals surface area contributed by atoms with E-state index in [1.54, 1.807) is 0 Å². The molecule has 0 saturated carbocycles. The predicted octanol–water partition coefficient (Wildman–Crippen LogP) is 3.23. The fraction of sp³-hybridized carbons (Fsp3) is 0.143. The van der Waals surface area contributed by atoms with Crippen LogP contribution in [0.15, 0.2) is 18.2 Å². The smallest absolute Gasteiger partial charge is 0.303 e. The van der Waals surface area contributed by atoms with Crippen LogP contribution >= 0.6 is 23.2 Å². The van der Waals surface area contributed by atoms with E-state index in [1.807, 2.05) is 0 Å². The molecule has 0 aliphatic heterocycles. The van der Waals surface area contributed by atoms with Crippen molar-refractivity contribution in [3.05, 3.63) is 45.7 Å². The molecule has 0 aliphatic carbocycles. The van der Waals surface area contributed by atoms with Crippen LogP contribution < -0.4 is 5.32 Å². The van der Waals surface area contributed by atoms with Gasteiger partial charge in [-0.05, 0) is 12.1 Å². The van der Waals surface area contributed by atoms with E-state index in [-0.39, 0.29) is 15.9 Å². The van der Waals surface area contributed by atoms with Crippen molar-refractivity contribution >= 4 is 46.7 Å². The highest BCUT2D eigenvalue weighted by atomic mass is 35.5. The molecule has 0 bridgehead atoms. The summed E-state index contributed by atoms with van der Waals surface area (Å²) in [5, 5.41) is 13.6. The molecule has 2 aromatic rings. The minimum atomic E-state index is -1.20. The number of halogens is 4. The normalized spacial score (nSPS) is 10.6. The lowest BCUT2D eigenvalue weighted by atomic mass is 10.3. The molecule has 0 atom stereocenters. The summed E-state index contributed by atoms with van der Waals surface area (Å²) in [7, 11) is 0. The molecule has 0 aliphatic rings. The molecule has 0 saturated heterocycles. The quantitative estimate of drug-likeness (QED) is 0.814. The molecule has 0 radical (unpaired) electrons. The Balaban J connectivity index is 2.24. The summed E-state index contributed by atoms with van der Waals surface area (Å²) >= 11 is 11.7. The molecule has 0 unspecified atom stereocenters. The number of aromatic nitrogens is 2. The van der Waals surface area contributed by atoms with Gasteiger partial charge in [-0.25, -0.2) is 8.78 Å². The maximum atomic E-state index is 13.6. The van der Waals surface area contributed by atoms with Crippen molar-refractivity contribution < 1.29 is 28.3 Å². The number of benzene rings is 1. The molecule has 132 valence electrons.